The first kappa shape index (κ1) is 17.3. The van der Waals surface area contributed by atoms with Crippen molar-refractivity contribution in [1.82, 2.24) is 5.32 Å². The van der Waals surface area contributed by atoms with Crippen LogP contribution < -0.4 is 10.1 Å². The van der Waals surface area contributed by atoms with Crippen LogP contribution in [0.5, 0.6) is 5.75 Å². The summed E-state index contributed by atoms with van der Waals surface area (Å²) >= 11 is 0. The molecule has 0 saturated heterocycles. The maximum atomic E-state index is 11.8. The highest BCUT2D eigenvalue weighted by Gasteiger charge is 2.42. The number of benzene rings is 2. The third-order valence-electron chi connectivity index (χ3n) is 4.02. The molecule has 1 saturated carbocycles. The third kappa shape index (κ3) is 5.24. The van der Waals surface area contributed by atoms with E-state index in [9.17, 15) is 4.79 Å². The molecule has 4 heteroatoms. The second kappa shape index (κ2) is 7.18. The van der Waals surface area contributed by atoms with E-state index in [0.29, 0.717) is 6.61 Å². The summed E-state index contributed by atoms with van der Waals surface area (Å²) in [5.74, 6) is 1.13. The highest BCUT2D eigenvalue weighted by atomic mass is 16.6. The van der Waals surface area contributed by atoms with Gasteiger partial charge in [-0.3, -0.25) is 0 Å². The zero-order chi connectivity index (χ0) is 17.9. The molecule has 1 fully saturated rings. The Morgan fingerprint density at radius 3 is 2.40 bits per heavy atom. The lowest BCUT2D eigenvalue weighted by molar-refractivity contribution is 0.128. The fourth-order valence-electron chi connectivity index (χ4n) is 2.68. The van der Waals surface area contributed by atoms with Crippen molar-refractivity contribution >= 4 is 6.09 Å². The van der Waals surface area contributed by atoms with Gasteiger partial charge in [-0.05, 0) is 50.5 Å². The van der Waals surface area contributed by atoms with Crippen molar-refractivity contribution < 1.29 is 14.3 Å². The average molecular weight is 339 g/mol. The smallest absolute Gasteiger partial charge is 0.407 e. The summed E-state index contributed by atoms with van der Waals surface area (Å²) in [6.45, 7) is 6.37. The number of carbonyl (C=O) groups excluding carboxylic acids is 1. The minimum Gasteiger partial charge on any atom is -0.489 e. The van der Waals surface area contributed by atoms with Crippen molar-refractivity contribution in [2.45, 2.75) is 51.4 Å². The van der Waals surface area contributed by atoms with E-state index in [1.54, 1.807) is 0 Å². The molecule has 1 N–H and O–H groups in total. The van der Waals surface area contributed by atoms with E-state index in [1.807, 2.05) is 63.2 Å². The number of alkyl carbamates (subject to hydrolysis) is 1. The predicted molar refractivity (Wildman–Crippen MR) is 97.7 cm³/mol. The minimum absolute atomic E-state index is 0.0292. The molecule has 2 unspecified atom stereocenters. The Bertz CT molecular complexity index is 704. The summed E-state index contributed by atoms with van der Waals surface area (Å²) < 4.78 is 11.3. The van der Waals surface area contributed by atoms with Crippen molar-refractivity contribution in [2.24, 2.45) is 0 Å². The van der Waals surface area contributed by atoms with Gasteiger partial charge in [0.25, 0.3) is 0 Å². The van der Waals surface area contributed by atoms with Crippen LogP contribution in [-0.2, 0) is 11.3 Å². The molecule has 0 spiro atoms. The van der Waals surface area contributed by atoms with E-state index < -0.39 is 0 Å². The summed E-state index contributed by atoms with van der Waals surface area (Å²) in [5, 5.41) is 2.82. The van der Waals surface area contributed by atoms with Gasteiger partial charge in [0.2, 0.25) is 0 Å². The monoisotopic (exact) mass is 339 g/mol. The van der Waals surface area contributed by atoms with Gasteiger partial charge in [-0.25, -0.2) is 4.79 Å². The van der Waals surface area contributed by atoms with Crippen LogP contribution in [0.4, 0.5) is 4.79 Å². The van der Waals surface area contributed by atoms with Gasteiger partial charge in [-0.15, -0.1) is 0 Å². The molecule has 0 radical (unpaired) electrons. The number of amides is 1. The molecule has 2 atom stereocenters. The number of hydrogen-bond acceptors (Lipinski definition) is 3. The molecule has 25 heavy (non-hydrogen) atoms. The fraction of sp³-hybridized carbons (Fsp3) is 0.381. The maximum absolute atomic E-state index is 11.8. The lowest BCUT2D eigenvalue weighted by Gasteiger charge is -2.20. The van der Waals surface area contributed by atoms with Crippen molar-refractivity contribution in [1.29, 1.82) is 0 Å². The lowest BCUT2D eigenvalue weighted by atomic mass is 10.1. The summed E-state index contributed by atoms with van der Waals surface area (Å²) in [7, 11) is 0. The molecular weight excluding hydrogens is 314 g/mol. The Morgan fingerprint density at radius 1 is 1.08 bits per heavy atom. The molecule has 1 aliphatic carbocycles. The van der Waals surface area contributed by atoms with Crippen molar-refractivity contribution in [3.63, 3.8) is 0 Å². The van der Waals surface area contributed by atoms with Crippen LogP contribution in [0.2, 0.25) is 0 Å². The van der Waals surface area contributed by atoms with Gasteiger partial charge < -0.3 is 14.8 Å². The Kier molecular flexibility index (Phi) is 4.98. The van der Waals surface area contributed by atoms with Crippen molar-refractivity contribution in [3.8, 4) is 5.75 Å². The molecule has 0 aromatic heterocycles. The van der Waals surface area contributed by atoms with Crippen LogP contribution in [0.3, 0.4) is 0 Å². The standard InChI is InChI=1S/C21H25NO3/c1-21(2,3)22-20(23)25-19-13-18(19)16-9-11-17(12-10-16)24-14-15-7-5-4-6-8-15/h4-12,18-19H,13-14H2,1-3H3,(H,22,23). The van der Waals surface area contributed by atoms with Crippen LogP contribution >= 0.6 is 0 Å². The molecule has 132 valence electrons. The Balaban J connectivity index is 1.48. The molecule has 3 rings (SSSR count). The van der Waals surface area contributed by atoms with Gasteiger partial charge in [-0.2, -0.15) is 0 Å². The maximum Gasteiger partial charge on any atom is 0.407 e. The zero-order valence-corrected chi connectivity index (χ0v) is 15.0. The van der Waals surface area contributed by atoms with E-state index in [-0.39, 0.29) is 23.7 Å². The largest absolute Gasteiger partial charge is 0.489 e. The number of carbonyl (C=O) groups is 1. The topological polar surface area (TPSA) is 47.6 Å². The summed E-state index contributed by atoms with van der Waals surface area (Å²) in [5.41, 5.74) is 2.05. The first-order valence-corrected chi connectivity index (χ1v) is 8.66. The first-order chi connectivity index (χ1) is 11.9. The molecule has 1 amide bonds. The number of nitrogens with one attached hydrogen (secondary N) is 1. The van der Waals surface area contributed by atoms with Gasteiger partial charge in [0.05, 0.1) is 0 Å². The van der Waals surface area contributed by atoms with Gasteiger partial charge in [0.1, 0.15) is 18.5 Å². The zero-order valence-electron chi connectivity index (χ0n) is 15.0. The van der Waals surface area contributed by atoms with E-state index in [1.165, 1.54) is 5.56 Å². The predicted octanol–water partition coefficient (Wildman–Crippen LogP) is 4.65. The van der Waals surface area contributed by atoms with Crippen molar-refractivity contribution in [3.05, 3.63) is 65.7 Å². The van der Waals surface area contributed by atoms with Gasteiger partial charge >= 0.3 is 6.09 Å². The Labute approximate surface area is 149 Å². The molecule has 0 heterocycles. The third-order valence-corrected chi connectivity index (χ3v) is 4.02. The van der Waals surface area contributed by atoms with Gasteiger partial charge in [0, 0.05) is 11.5 Å². The number of rotatable bonds is 5. The van der Waals surface area contributed by atoms with Crippen molar-refractivity contribution in [2.75, 3.05) is 0 Å². The molecule has 2 aromatic carbocycles. The Hall–Kier alpha value is -2.49. The van der Waals surface area contributed by atoms with E-state index in [0.717, 1.165) is 17.7 Å². The van der Waals surface area contributed by atoms with E-state index >= 15 is 0 Å². The molecule has 1 aliphatic rings. The highest BCUT2D eigenvalue weighted by Crippen LogP contribution is 2.43. The minimum atomic E-state index is -0.345. The second-order valence-electron chi connectivity index (χ2n) is 7.50. The number of hydrogen-bond donors (Lipinski definition) is 1. The van der Waals surface area contributed by atoms with Crippen LogP contribution in [0.25, 0.3) is 0 Å². The fourth-order valence-corrected chi connectivity index (χ4v) is 2.68. The summed E-state index contributed by atoms with van der Waals surface area (Å²) in [6.07, 6.45) is 0.503. The molecular formula is C21H25NO3. The van der Waals surface area contributed by atoms with Crippen LogP contribution in [0.1, 0.15) is 44.2 Å². The molecule has 4 nitrogen and oxygen atoms in total. The normalized spacial score (nSPS) is 19.2. The summed E-state index contributed by atoms with van der Waals surface area (Å²) in [6, 6.07) is 18.1. The average Bonchev–Trinajstić information content (AvgIpc) is 3.31. The Morgan fingerprint density at radius 2 is 1.76 bits per heavy atom. The first-order valence-electron chi connectivity index (χ1n) is 8.66. The van der Waals surface area contributed by atoms with Crippen LogP contribution in [0, 0.1) is 0 Å². The molecule has 0 aliphatic heterocycles. The van der Waals surface area contributed by atoms with Crippen LogP contribution in [-0.4, -0.2) is 17.7 Å². The van der Waals surface area contributed by atoms with Crippen LogP contribution in [0.15, 0.2) is 54.6 Å². The quantitative estimate of drug-likeness (QED) is 0.863. The molecule has 2 aromatic rings. The highest BCUT2D eigenvalue weighted by molar-refractivity contribution is 5.68. The second-order valence-corrected chi connectivity index (χ2v) is 7.50. The van der Waals surface area contributed by atoms with E-state index in [4.69, 9.17) is 9.47 Å². The number of ether oxygens (including phenoxy) is 2. The summed E-state index contributed by atoms with van der Waals surface area (Å²) in [4.78, 5) is 11.8. The van der Waals surface area contributed by atoms with Gasteiger partial charge in [-0.1, -0.05) is 42.5 Å². The van der Waals surface area contributed by atoms with Gasteiger partial charge in [0.15, 0.2) is 0 Å². The lowest BCUT2D eigenvalue weighted by Crippen LogP contribution is -2.41. The molecule has 0 bridgehead atoms. The SMILES string of the molecule is CC(C)(C)NC(=O)OC1CC1c1ccc(OCc2ccccc2)cc1. The van der Waals surface area contributed by atoms with E-state index in [2.05, 4.69) is 17.4 Å².